The molecule has 9 aromatic rings. The average molecular weight is 928 g/mol. The fourth-order valence-electron chi connectivity index (χ4n) is 6.93. The smallest absolute Gasteiger partial charge is 0.126 e. The summed E-state index contributed by atoms with van der Waals surface area (Å²) in [4.78, 5) is 12.8. The molecule has 4 nitrogen and oxygen atoms in total. The van der Waals surface area contributed by atoms with E-state index in [2.05, 4.69) is 105 Å². The van der Waals surface area contributed by atoms with Crippen LogP contribution in [0.5, 0.6) is 0 Å². The van der Waals surface area contributed by atoms with Gasteiger partial charge in [0.15, 0.2) is 0 Å². The van der Waals surface area contributed by atoms with Crippen LogP contribution in [0.2, 0.25) is 19.6 Å². The minimum Gasteiger partial charge on any atom is -0.501 e. The van der Waals surface area contributed by atoms with E-state index in [1.165, 1.54) is 16.8 Å². The molecule has 0 aliphatic heterocycles. The van der Waals surface area contributed by atoms with Crippen LogP contribution in [-0.2, 0) is 25.5 Å². The number of benzene rings is 6. The molecule has 0 spiro atoms. The molecule has 6 aromatic carbocycles. The molecule has 0 bridgehead atoms. The topological polar surface area (TPSA) is 54.7 Å². The fourth-order valence-corrected chi connectivity index (χ4v) is 7.96. The Kier molecular flexibility index (Phi) is 10.8. The summed E-state index contributed by atoms with van der Waals surface area (Å²) in [6.45, 7) is 13.6. The van der Waals surface area contributed by atoms with Crippen LogP contribution in [0.3, 0.4) is 0 Å². The third-order valence-electron chi connectivity index (χ3n) is 10.0. The van der Waals surface area contributed by atoms with Crippen molar-refractivity contribution < 1.29 is 28.9 Å². The molecular weight excluding hydrogens is 886 g/mol. The van der Waals surface area contributed by atoms with Crippen molar-refractivity contribution in [1.82, 2.24) is 15.0 Å². The molecular formula is C49H42FIrN3OSi-2. The first kappa shape index (κ1) is 38.8. The number of furan rings is 1. The molecule has 56 heavy (non-hydrogen) atoms. The standard InChI is InChI=1S/C35H26FN2O.C14H16NSi.Ir/c1-35(2,3)22-16-17-24(28(18-22)21-10-5-4-6-11-21)29-19-23(36)20-30-32(29)38-34(37-30)27-14-9-13-26-25-12-7-8-15-31(25)39-33(26)27;1-16(2,3)13-9-10-14(15-11-13)12-7-5-4-6-8-12;/h4-13,15-20H,1-3H3,(H,37,38);4-7,9-11H,1-3H3;/q2*-1;. The number of rotatable bonds is 5. The molecule has 0 aliphatic carbocycles. The van der Waals surface area contributed by atoms with Gasteiger partial charge in [-0.2, -0.15) is 0 Å². The average Bonchev–Trinajstić information content (AvgIpc) is 3.79. The molecule has 0 saturated carbocycles. The molecule has 0 fully saturated rings. The third kappa shape index (κ3) is 7.81. The van der Waals surface area contributed by atoms with Crippen LogP contribution in [0.1, 0.15) is 26.3 Å². The molecule has 1 N–H and O–H groups in total. The molecule has 0 unspecified atom stereocenters. The van der Waals surface area contributed by atoms with Crippen molar-refractivity contribution in [3.05, 3.63) is 163 Å². The second-order valence-corrected chi connectivity index (χ2v) is 21.0. The quantitative estimate of drug-likeness (QED) is 0.138. The van der Waals surface area contributed by atoms with E-state index in [1.54, 1.807) is 6.07 Å². The number of para-hydroxylation sites is 1. The van der Waals surface area contributed by atoms with Gasteiger partial charge in [0.1, 0.15) is 11.4 Å². The zero-order valence-electron chi connectivity index (χ0n) is 32.3. The van der Waals surface area contributed by atoms with Gasteiger partial charge < -0.3 is 14.4 Å². The van der Waals surface area contributed by atoms with Gasteiger partial charge in [-0.3, -0.25) is 4.98 Å². The maximum Gasteiger partial charge on any atom is 0.126 e. The van der Waals surface area contributed by atoms with Gasteiger partial charge in [-0.1, -0.05) is 130 Å². The summed E-state index contributed by atoms with van der Waals surface area (Å²) in [6, 6.07) is 50.4. The van der Waals surface area contributed by atoms with Crippen molar-refractivity contribution >= 4 is 46.2 Å². The van der Waals surface area contributed by atoms with E-state index >= 15 is 4.39 Å². The minimum absolute atomic E-state index is 0. The van der Waals surface area contributed by atoms with Gasteiger partial charge in [0.2, 0.25) is 0 Å². The number of hydrogen-bond donors (Lipinski definition) is 1. The van der Waals surface area contributed by atoms with Crippen molar-refractivity contribution in [3.63, 3.8) is 0 Å². The summed E-state index contributed by atoms with van der Waals surface area (Å²) in [7, 11) is -1.23. The third-order valence-corrected chi connectivity index (χ3v) is 12.0. The van der Waals surface area contributed by atoms with Crippen molar-refractivity contribution in [2.75, 3.05) is 0 Å². The van der Waals surface area contributed by atoms with E-state index in [-0.39, 0.29) is 31.3 Å². The second-order valence-electron chi connectivity index (χ2n) is 16.0. The molecule has 3 heterocycles. The first-order chi connectivity index (χ1) is 26.4. The van der Waals surface area contributed by atoms with Gasteiger partial charge in [-0.15, -0.1) is 54.1 Å². The molecule has 0 saturated heterocycles. The van der Waals surface area contributed by atoms with Crippen LogP contribution in [0, 0.1) is 17.9 Å². The predicted molar refractivity (Wildman–Crippen MR) is 229 cm³/mol. The Balaban J connectivity index is 0.000000238. The number of nitrogens with one attached hydrogen (secondary N) is 1. The number of aromatic amines is 1. The first-order valence-corrected chi connectivity index (χ1v) is 22.1. The van der Waals surface area contributed by atoms with E-state index in [4.69, 9.17) is 9.40 Å². The number of nitrogens with zero attached hydrogens (tertiary/aromatic N) is 2. The van der Waals surface area contributed by atoms with Crippen LogP contribution >= 0.6 is 0 Å². The molecule has 1 radical (unpaired) electrons. The van der Waals surface area contributed by atoms with Gasteiger partial charge in [0.25, 0.3) is 0 Å². The predicted octanol–water partition coefficient (Wildman–Crippen LogP) is 12.8. The van der Waals surface area contributed by atoms with E-state index in [1.807, 2.05) is 85.1 Å². The van der Waals surface area contributed by atoms with Crippen LogP contribution in [0.25, 0.3) is 77.9 Å². The van der Waals surface area contributed by atoms with Gasteiger partial charge in [-0.05, 0) is 50.7 Å². The molecule has 0 aliphatic rings. The number of aromatic nitrogens is 3. The van der Waals surface area contributed by atoms with Crippen LogP contribution in [0.4, 0.5) is 4.39 Å². The van der Waals surface area contributed by atoms with Crippen molar-refractivity contribution in [2.24, 2.45) is 0 Å². The Labute approximate surface area is 342 Å². The van der Waals surface area contributed by atoms with E-state index in [0.29, 0.717) is 16.9 Å². The second kappa shape index (κ2) is 15.6. The van der Waals surface area contributed by atoms with Crippen LogP contribution in [-0.4, -0.2) is 23.0 Å². The Bertz CT molecular complexity index is 2780. The van der Waals surface area contributed by atoms with Gasteiger partial charge in [-0.25, -0.2) is 4.39 Å². The summed E-state index contributed by atoms with van der Waals surface area (Å²) in [5.74, 6) is 0.259. The zero-order chi connectivity index (χ0) is 38.3. The minimum atomic E-state index is -1.23. The molecule has 9 rings (SSSR count). The Morgan fingerprint density at radius 1 is 0.714 bits per heavy atom. The van der Waals surface area contributed by atoms with Gasteiger partial charge >= 0.3 is 0 Å². The number of pyridine rings is 1. The normalized spacial score (nSPS) is 11.7. The van der Waals surface area contributed by atoms with E-state index < -0.39 is 8.07 Å². The van der Waals surface area contributed by atoms with Gasteiger partial charge in [0, 0.05) is 43.3 Å². The number of H-pyrrole nitrogens is 1. The summed E-state index contributed by atoms with van der Waals surface area (Å²) >= 11 is 0. The number of hydrogen-bond acceptors (Lipinski definition) is 3. The molecule has 0 atom stereocenters. The monoisotopic (exact) mass is 928 g/mol. The molecule has 7 heteroatoms. The first-order valence-electron chi connectivity index (χ1n) is 18.6. The molecule has 281 valence electrons. The number of halogens is 1. The summed E-state index contributed by atoms with van der Waals surface area (Å²) < 4.78 is 21.3. The summed E-state index contributed by atoms with van der Waals surface area (Å²) in [5.41, 5.74) is 10.7. The molecule has 3 aromatic heterocycles. The Hall–Kier alpha value is -5.46. The van der Waals surface area contributed by atoms with Crippen molar-refractivity contribution in [1.29, 1.82) is 0 Å². The Morgan fingerprint density at radius 3 is 2.20 bits per heavy atom. The van der Waals surface area contributed by atoms with Crippen molar-refractivity contribution in [3.8, 4) is 44.9 Å². The van der Waals surface area contributed by atoms with Crippen LogP contribution < -0.4 is 5.19 Å². The van der Waals surface area contributed by atoms with E-state index in [0.717, 1.165) is 60.9 Å². The zero-order valence-corrected chi connectivity index (χ0v) is 35.7. The number of fused-ring (bicyclic) bond motifs is 4. The maximum absolute atomic E-state index is 15.1. The largest absolute Gasteiger partial charge is 0.501 e. The maximum atomic E-state index is 15.1. The fraction of sp³-hybridized carbons (Fsp3) is 0.143. The van der Waals surface area contributed by atoms with E-state index in [9.17, 15) is 0 Å². The summed E-state index contributed by atoms with van der Waals surface area (Å²) in [6.07, 6.45) is 2.02. The van der Waals surface area contributed by atoms with Crippen LogP contribution in [0.15, 0.2) is 144 Å². The summed E-state index contributed by atoms with van der Waals surface area (Å²) in [5, 5.41) is 3.43. The van der Waals surface area contributed by atoms with Crippen molar-refractivity contribution in [2.45, 2.75) is 45.8 Å². The SMILES string of the molecule is CC(C)(C)c1ccc(-c2cc(F)cc3nc(-c4[c-]ccc5c4oc4ccccc45)[nH]c23)c(-c2ccccc2)c1.C[Si](C)(C)c1ccc(-c2[c-]cccc2)nc1.[Ir]. The molecule has 0 amide bonds. The number of imidazole rings is 1. The Morgan fingerprint density at radius 2 is 1.48 bits per heavy atom. The van der Waals surface area contributed by atoms with Gasteiger partial charge in [0.05, 0.1) is 30.5 Å².